The van der Waals surface area contributed by atoms with Crippen molar-refractivity contribution in [3.05, 3.63) is 71.8 Å². The van der Waals surface area contributed by atoms with Crippen LogP contribution >= 0.6 is 0 Å². The van der Waals surface area contributed by atoms with Gasteiger partial charge in [-0.1, -0.05) is 19.9 Å². The Labute approximate surface area is 175 Å². The fraction of sp³-hybridized carbons (Fsp3) is 0.304. The SMILES string of the molecule is Cn1ccnc1COc1ccc(C(=O)NCC(C)(C)c2ccc3c(c2)OCO3)cc1. The zero-order valence-electron chi connectivity index (χ0n) is 17.3. The first-order chi connectivity index (χ1) is 14.4. The Morgan fingerprint density at radius 3 is 2.67 bits per heavy atom. The van der Waals surface area contributed by atoms with Crippen LogP contribution in [0.5, 0.6) is 17.2 Å². The number of aromatic nitrogens is 2. The third-order valence-electron chi connectivity index (χ3n) is 5.25. The molecule has 0 radical (unpaired) electrons. The first-order valence-corrected chi connectivity index (χ1v) is 9.80. The first-order valence-electron chi connectivity index (χ1n) is 9.80. The van der Waals surface area contributed by atoms with E-state index in [4.69, 9.17) is 14.2 Å². The number of carbonyl (C=O) groups is 1. The molecular formula is C23H25N3O4. The third kappa shape index (κ3) is 4.25. The standard InChI is InChI=1S/C23H25N3O4/c1-23(2,17-6-9-19-20(12-17)30-15-29-19)14-25-22(27)16-4-7-18(8-5-16)28-13-21-24-10-11-26(21)3/h4-12H,13-15H2,1-3H3,(H,25,27). The molecule has 30 heavy (non-hydrogen) atoms. The molecule has 7 nitrogen and oxygen atoms in total. The molecule has 1 aromatic heterocycles. The fourth-order valence-corrected chi connectivity index (χ4v) is 3.21. The van der Waals surface area contributed by atoms with Crippen molar-refractivity contribution < 1.29 is 19.0 Å². The molecule has 0 spiro atoms. The Morgan fingerprint density at radius 2 is 1.93 bits per heavy atom. The van der Waals surface area contributed by atoms with Crippen LogP contribution in [-0.4, -0.2) is 28.8 Å². The number of benzene rings is 2. The number of fused-ring (bicyclic) bond motifs is 1. The van der Waals surface area contributed by atoms with E-state index in [-0.39, 0.29) is 18.1 Å². The normalized spacial score (nSPS) is 12.6. The van der Waals surface area contributed by atoms with Gasteiger partial charge in [0.05, 0.1) is 0 Å². The number of imidazole rings is 1. The minimum atomic E-state index is -0.262. The summed E-state index contributed by atoms with van der Waals surface area (Å²) in [4.78, 5) is 16.8. The predicted molar refractivity (Wildman–Crippen MR) is 112 cm³/mol. The van der Waals surface area contributed by atoms with Crippen molar-refractivity contribution in [2.24, 2.45) is 7.05 Å². The molecular weight excluding hydrogens is 382 g/mol. The number of amides is 1. The van der Waals surface area contributed by atoms with Gasteiger partial charge in [0.2, 0.25) is 6.79 Å². The van der Waals surface area contributed by atoms with Crippen molar-refractivity contribution in [1.29, 1.82) is 0 Å². The number of hydrogen-bond donors (Lipinski definition) is 1. The van der Waals surface area contributed by atoms with Crippen molar-refractivity contribution >= 4 is 5.91 Å². The van der Waals surface area contributed by atoms with E-state index in [2.05, 4.69) is 24.1 Å². The van der Waals surface area contributed by atoms with E-state index in [1.807, 2.05) is 36.0 Å². The molecule has 2 aromatic carbocycles. The van der Waals surface area contributed by atoms with E-state index in [1.54, 1.807) is 30.5 Å². The van der Waals surface area contributed by atoms with Gasteiger partial charge in [0.15, 0.2) is 11.5 Å². The molecule has 0 fully saturated rings. The zero-order chi connectivity index (χ0) is 21.1. The van der Waals surface area contributed by atoms with Crippen LogP contribution < -0.4 is 19.5 Å². The van der Waals surface area contributed by atoms with Crippen LogP contribution in [0.25, 0.3) is 0 Å². The van der Waals surface area contributed by atoms with E-state index >= 15 is 0 Å². The number of ether oxygens (including phenoxy) is 3. The van der Waals surface area contributed by atoms with E-state index in [0.29, 0.717) is 24.5 Å². The molecule has 1 aliphatic rings. The average molecular weight is 407 g/mol. The second kappa shape index (κ2) is 8.10. The van der Waals surface area contributed by atoms with Crippen LogP contribution in [0.3, 0.4) is 0 Å². The van der Waals surface area contributed by atoms with E-state index in [9.17, 15) is 4.79 Å². The van der Waals surface area contributed by atoms with Gasteiger partial charge < -0.3 is 24.1 Å². The molecule has 1 amide bonds. The Kier molecular flexibility index (Phi) is 5.35. The van der Waals surface area contributed by atoms with Crippen LogP contribution in [-0.2, 0) is 19.1 Å². The highest BCUT2D eigenvalue weighted by atomic mass is 16.7. The summed E-state index contributed by atoms with van der Waals surface area (Å²) in [5.41, 5.74) is 1.40. The summed E-state index contributed by atoms with van der Waals surface area (Å²) in [5.74, 6) is 2.90. The molecule has 2 heterocycles. The van der Waals surface area contributed by atoms with Gasteiger partial charge in [0, 0.05) is 37.0 Å². The summed E-state index contributed by atoms with van der Waals surface area (Å²) in [6.07, 6.45) is 3.61. The van der Waals surface area contributed by atoms with Crippen LogP contribution in [0.1, 0.15) is 35.6 Å². The highest BCUT2D eigenvalue weighted by Gasteiger charge is 2.25. The lowest BCUT2D eigenvalue weighted by atomic mass is 9.84. The molecule has 0 saturated heterocycles. The summed E-state index contributed by atoms with van der Waals surface area (Å²) in [6.45, 7) is 5.28. The van der Waals surface area contributed by atoms with Crippen LogP contribution in [0.4, 0.5) is 0 Å². The topological polar surface area (TPSA) is 74.6 Å². The average Bonchev–Trinajstić information content (AvgIpc) is 3.39. The summed E-state index contributed by atoms with van der Waals surface area (Å²) in [7, 11) is 1.92. The maximum Gasteiger partial charge on any atom is 0.251 e. The lowest BCUT2D eigenvalue weighted by Crippen LogP contribution is -2.36. The number of nitrogens with zero attached hydrogens (tertiary/aromatic N) is 2. The molecule has 0 saturated carbocycles. The number of aryl methyl sites for hydroxylation is 1. The van der Waals surface area contributed by atoms with Gasteiger partial charge in [0.25, 0.3) is 5.91 Å². The van der Waals surface area contributed by atoms with Crippen LogP contribution in [0.15, 0.2) is 54.9 Å². The highest BCUT2D eigenvalue weighted by Crippen LogP contribution is 2.36. The molecule has 0 atom stereocenters. The van der Waals surface area contributed by atoms with Gasteiger partial charge in [0.1, 0.15) is 18.2 Å². The maximum absolute atomic E-state index is 12.6. The van der Waals surface area contributed by atoms with Crippen molar-refractivity contribution in [1.82, 2.24) is 14.9 Å². The van der Waals surface area contributed by atoms with Gasteiger partial charge in [-0.25, -0.2) is 4.98 Å². The molecule has 4 rings (SSSR count). The Bertz CT molecular complexity index is 1040. The van der Waals surface area contributed by atoms with Gasteiger partial charge in [-0.15, -0.1) is 0 Å². The minimum Gasteiger partial charge on any atom is -0.486 e. The van der Waals surface area contributed by atoms with Crippen molar-refractivity contribution in [2.45, 2.75) is 25.9 Å². The zero-order valence-corrected chi connectivity index (χ0v) is 17.3. The van der Waals surface area contributed by atoms with Crippen molar-refractivity contribution in [3.8, 4) is 17.2 Å². The molecule has 3 aromatic rings. The summed E-state index contributed by atoms with van der Waals surface area (Å²) < 4.78 is 18.5. The third-order valence-corrected chi connectivity index (χ3v) is 5.25. The molecule has 0 aliphatic carbocycles. The summed E-state index contributed by atoms with van der Waals surface area (Å²) in [5, 5.41) is 3.02. The summed E-state index contributed by atoms with van der Waals surface area (Å²) in [6, 6.07) is 13.0. The van der Waals surface area contributed by atoms with Crippen LogP contribution in [0, 0.1) is 0 Å². The van der Waals surface area contributed by atoms with Gasteiger partial charge >= 0.3 is 0 Å². The lowest BCUT2D eigenvalue weighted by molar-refractivity contribution is 0.0945. The largest absolute Gasteiger partial charge is 0.486 e. The summed E-state index contributed by atoms with van der Waals surface area (Å²) >= 11 is 0. The Morgan fingerprint density at radius 1 is 1.17 bits per heavy atom. The monoisotopic (exact) mass is 407 g/mol. The quantitative estimate of drug-likeness (QED) is 0.649. The Balaban J connectivity index is 1.33. The van der Waals surface area contributed by atoms with Gasteiger partial charge in [-0.05, 0) is 42.0 Å². The van der Waals surface area contributed by atoms with Gasteiger partial charge in [-0.2, -0.15) is 0 Å². The molecule has 7 heteroatoms. The van der Waals surface area contributed by atoms with Crippen molar-refractivity contribution in [3.63, 3.8) is 0 Å². The molecule has 1 N–H and O–H groups in total. The number of rotatable bonds is 7. The predicted octanol–water partition coefficient (Wildman–Crippen LogP) is 3.44. The number of nitrogens with one attached hydrogen (secondary N) is 1. The highest BCUT2D eigenvalue weighted by molar-refractivity contribution is 5.94. The fourth-order valence-electron chi connectivity index (χ4n) is 3.21. The Hall–Kier alpha value is -3.48. The van der Waals surface area contributed by atoms with E-state index < -0.39 is 0 Å². The van der Waals surface area contributed by atoms with Crippen LogP contribution in [0.2, 0.25) is 0 Å². The molecule has 0 bridgehead atoms. The molecule has 1 aliphatic heterocycles. The molecule has 0 unspecified atom stereocenters. The minimum absolute atomic E-state index is 0.125. The second-order valence-electron chi connectivity index (χ2n) is 7.90. The number of hydrogen-bond acceptors (Lipinski definition) is 5. The smallest absolute Gasteiger partial charge is 0.251 e. The van der Waals surface area contributed by atoms with E-state index in [0.717, 1.165) is 22.9 Å². The van der Waals surface area contributed by atoms with E-state index in [1.165, 1.54) is 0 Å². The van der Waals surface area contributed by atoms with Gasteiger partial charge in [-0.3, -0.25) is 4.79 Å². The second-order valence-corrected chi connectivity index (χ2v) is 7.90. The van der Waals surface area contributed by atoms with Crippen molar-refractivity contribution in [2.75, 3.05) is 13.3 Å². The lowest BCUT2D eigenvalue weighted by Gasteiger charge is -2.26. The first kappa shape index (κ1) is 19.8. The maximum atomic E-state index is 12.6. The number of carbonyl (C=O) groups excluding carboxylic acids is 1. The molecule has 156 valence electrons.